The predicted octanol–water partition coefficient (Wildman–Crippen LogP) is 5.47. The Bertz CT molecular complexity index is 1120. The number of benzene rings is 2. The van der Waals surface area contributed by atoms with E-state index in [-0.39, 0.29) is 6.03 Å². The highest BCUT2D eigenvalue weighted by Gasteiger charge is 2.25. The first kappa shape index (κ1) is 22.2. The van der Waals surface area contributed by atoms with E-state index in [0.717, 1.165) is 26.9 Å². The average molecular weight is 474 g/mol. The van der Waals surface area contributed by atoms with Gasteiger partial charge in [-0.2, -0.15) is 0 Å². The molecule has 2 aromatic carbocycles. The summed E-state index contributed by atoms with van der Waals surface area (Å²) < 4.78 is 16.1. The molecule has 0 unspecified atom stereocenters. The molecule has 7 nitrogen and oxygen atoms in total. The molecular weight excluding hydrogens is 450 g/mol. The van der Waals surface area contributed by atoms with Gasteiger partial charge in [-0.3, -0.25) is 0 Å². The van der Waals surface area contributed by atoms with Gasteiger partial charge in [0.25, 0.3) is 0 Å². The largest absolute Gasteiger partial charge is 0.495 e. The summed E-state index contributed by atoms with van der Waals surface area (Å²) in [5.41, 5.74) is 2.59. The lowest BCUT2D eigenvalue weighted by molar-refractivity contribution is 0.206. The Labute approximate surface area is 195 Å². The third kappa shape index (κ3) is 4.61. The molecule has 0 fully saturated rings. The van der Waals surface area contributed by atoms with Crippen molar-refractivity contribution < 1.29 is 19.0 Å². The Morgan fingerprint density at radius 1 is 1.19 bits per heavy atom. The number of nitrogens with one attached hydrogen (secondary N) is 1. The van der Waals surface area contributed by atoms with E-state index in [9.17, 15) is 4.79 Å². The maximum Gasteiger partial charge on any atom is 0.322 e. The van der Waals surface area contributed by atoms with Crippen molar-refractivity contribution in [1.29, 1.82) is 0 Å². The molecule has 0 saturated heterocycles. The van der Waals surface area contributed by atoms with Crippen molar-refractivity contribution in [2.24, 2.45) is 0 Å². The molecule has 9 heteroatoms. The minimum atomic E-state index is -0.216. The highest BCUT2D eigenvalue weighted by Crippen LogP contribution is 2.37. The van der Waals surface area contributed by atoms with Crippen LogP contribution in [0.5, 0.6) is 17.2 Å². The Morgan fingerprint density at radius 2 is 1.94 bits per heavy atom. The van der Waals surface area contributed by atoms with Crippen LogP contribution in [0.2, 0.25) is 5.02 Å². The van der Waals surface area contributed by atoms with Crippen LogP contribution in [0.3, 0.4) is 0 Å². The molecule has 0 spiro atoms. The fraction of sp³-hybridized carbons (Fsp3) is 0.304. The van der Waals surface area contributed by atoms with Crippen LogP contribution in [0.15, 0.2) is 36.4 Å². The van der Waals surface area contributed by atoms with E-state index in [1.807, 2.05) is 31.2 Å². The molecule has 0 aliphatic carbocycles. The van der Waals surface area contributed by atoms with Gasteiger partial charge in [0.15, 0.2) is 0 Å². The fourth-order valence-corrected chi connectivity index (χ4v) is 4.87. The number of methoxy groups -OCH3 is 2. The lowest BCUT2D eigenvalue weighted by Crippen LogP contribution is -2.38. The van der Waals surface area contributed by atoms with E-state index in [2.05, 4.69) is 5.32 Å². The minimum absolute atomic E-state index is 0.216. The summed E-state index contributed by atoms with van der Waals surface area (Å²) in [6.45, 7) is 3.68. The molecule has 4 rings (SSSR count). The third-order valence-electron chi connectivity index (χ3n) is 5.15. The second-order valence-corrected chi connectivity index (χ2v) is 8.63. The normalized spacial score (nSPS) is 12.8. The van der Waals surface area contributed by atoms with Gasteiger partial charge in [0, 0.05) is 29.5 Å². The van der Waals surface area contributed by atoms with Crippen LogP contribution in [0.4, 0.5) is 10.5 Å². The summed E-state index contributed by atoms with van der Waals surface area (Å²) in [5, 5.41) is 4.25. The standard InChI is InChI=1S/C23H24ClN3O4S/c1-4-31-15-7-5-14(6-8-15)22-25-17-9-10-27(13-21(17)32-22)23(28)26-18-11-16(24)19(29-2)12-20(18)30-3/h5-8,11-12H,4,9-10,13H2,1-3H3,(H,26,28). The van der Waals surface area contributed by atoms with Crippen molar-refractivity contribution in [3.8, 4) is 27.8 Å². The first-order chi connectivity index (χ1) is 15.5. The summed E-state index contributed by atoms with van der Waals surface area (Å²) in [7, 11) is 3.06. The topological polar surface area (TPSA) is 72.9 Å². The number of ether oxygens (including phenoxy) is 3. The second-order valence-electron chi connectivity index (χ2n) is 7.14. The number of rotatable bonds is 6. The highest BCUT2D eigenvalue weighted by molar-refractivity contribution is 7.15. The molecule has 1 aromatic heterocycles. The van der Waals surface area contributed by atoms with Gasteiger partial charge in [-0.1, -0.05) is 11.6 Å². The van der Waals surface area contributed by atoms with Crippen LogP contribution in [-0.2, 0) is 13.0 Å². The number of hydrogen-bond acceptors (Lipinski definition) is 6. The van der Waals surface area contributed by atoms with Crippen molar-refractivity contribution in [3.05, 3.63) is 52.0 Å². The summed E-state index contributed by atoms with van der Waals surface area (Å²) in [4.78, 5) is 20.6. The maximum atomic E-state index is 12.9. The van der Waals surface area contributed by atoms with Crippen LogP contribution in [-0.4, -0.2) is 43.3 Å². The molecule has 168 valence electrons. The van der Waals surface area contributed by atoms with Crippen LogP contribution in [0.1, 0.15) is 17.5 Å². The molecule has 0 atom stereocenters. The van der Waals surface area contributed by atoms with Crippen molar-refractivity contribution in [1.82, 2.24) is 9.88 Å². The van der Waals surface area contributed by atoms with E-state index in [4.69, 9.17) is 30.8 Å². The number of urea groups is 1. The number of amides is 2. The fourth-order valence-electron chi connectivity index (χ4n) is 3.50. The number of carbonyl (C=O) groups is 1. The molecule has 1 N–H and O–H groups in total. The number of halogens is 1. The van der Waals surface area contributed by atoms with Gasteiger partial charge in [0.2, 0.25) is 0 Å². The van der Waals surface area contributed by atoms with Gasteiger partial charge in [-0.25, -0.2) is 9.78 Å². The number of aromatic nitrogens is 1. The number of hydrogen-bond donors (Lipinski definition) is 1. The van der Waals surface area contributed by atoms with Crippen LogP contribution in [0, 0.1) is 0 Å². The number of carbonyl (C=O) groups excluding carboxylic acids is 1. The van der Waals surface area contributed by atoms with E-state index >= 15 is 0 Å². The number of thiazole rings is 1. The summed E-state index contributed by atoms with van der Waals surface area (Å²) in [6.07, 6.45) is 0.705. The molecular formula is C23H24ClN3O4S. The van der Waals surface area contributed by atoms with Gasteiger partial charge >= 0.3 is 6.03 Å². The minimum Gasteiger partial charge on any atom is -0.495 e. The van der Waals surface area contributed by atoms with Crippen LogP contribution < -0.4 is 19.5 Å². The molecule has 0 radical (unpaired) electrons. The van der Waals surface area contributed by atoms with E-state index in [1.54, 1.807) is 28.4 Å². The molecule has 1 aliphatic heterocycles. The Hall–Kier alpha value is -2.97. The molecule has 3 aromatic rings. The average Bonchev–Trinajstić information content (AvgIpc) is 3.23. The molecule has 0 saturated carbocycles. The van der Waals surface area contributed by atoms with Crippen molar-refractivity contribution in [2.45, 2.75) is 19.9 Å². The zero-order chi connectivity index (χ0) is 22.7. The lowest BCUT2D eigenvalue weighted by atomic mass is 10.2. The van der Waals surface area contributed by atoms with Gasteiger partial charge < -0.3 is 24.4 Å². The zero-order valence-corrected chi connectivity index (χ0v) is 19.7. The molecule has 0 bridgehead atoms. The Balaban J connectivity index is 1.48. The quantitative estimate of drug-likeness (QED) is 0.514. The van der Waals surface area contributed by atoms with Gasteiger partial charge in [0.1, 0.15) is 22.3 Å². The van der Waals surface area contributed by atoms with Crippen molar-refractivity contribution in [3.63, 3.8) is 0 Å². The SMILES string of the molecule is CCOc1ccc(-c2nc3c(s2)CN(C(=O)Nc2cc(Cl)c(OC)cc2OC)CC3)cc1. The molecule has 2 amide bonds. The van der Waals surface area contributed by atoms with Gasteiger partial charge in [-0.15, -0.1) is 11.3 Å². The third-order valence-corrected chi connectivity index (χ3v) is 6.57. The first-order valence-electron chi connectivity index (χ1n) is 10.2. The van der Waals surface area contributed by atoms with Gasteiger partial charge in [0.05, 0.1) is 43.8 Å². The maximum absolute atomic E-state index is 12.9. The second kappa shape index (κ2) is 9.67. The van der Waals surface area contributed by atoms with Crippen molar-refractivity contribution >= 4 is 34.7 Å². The number of nitrogens with zero attached hydrogens (tertiary/aromatic N) is 2. The summed E-state index contributed by atoms with van der Waals surface area (Å²) in [6, 6.07) is 11.0. The number of anilines is 1. The smallest absolute Gasteiger partial charge is 0.322 e. The zero-order valence-electron chi connectivity index (χ0n) is 18.1. The first-order valence-corrected chi connectivity index (χ1v) is 11.4. The number of fused-ring (bicyclic) bond motifs is 1. The predicted molar refractivity (Wildman–Crippen MR) is 126 cm³/mol. The van der Waals surface area contributed by atoms with Crippen molar-refractivity contribution in [2.75, 3.05) is 32.7 Å². The van der Waals surface area contributed by atoms with Crippen LogP contribution in [0.25, 0.3) is 10.6 Å². The van der Waals surface area contributed by atoms with E-state index in [0.29, 0.717) is 48.3 Å². The monoisotopic (exact) mass is 473 g/mol. The van der Waals surface area contributed by atoms with E-state index in [1.165, 1.54) is 14.2 Å². The molecule has 32 heavy (non-hydrogen) atoms. The lowest BCUT2D eigenvalue weighted by Gasteiger charge is -2.26. The molecule has 2 heterocycles. The Kier molecular flexibility index (Phi) is 6.72. The summed E-state index contributed by atoms with van der Waals surface area (Å²) in [5.74, 6) is 1.80. The van der Waals surface area contributed by atoms with E-state index < -0.39 is 0 Å². The highest BCUT2D eigenvalue weighted by atomic mass is 35.5. The van der Waals surface area contributed by atoms with Crippen LogP contribution >= 0.6 is 22.9 Å². The van der Waals surface area contributed by atoms with Gasteiger partial charge in [-0.05, 0) is 37.3 Å². The Morgan fingerprint density at radius 3 is 2.62 bits per heavy atom. The molecule has 1 aliphatic rings. The summed E-state index contributed by atoms with van der Waals surface area (Å²) >= 11 is 7.84.